The lowest BCUT2D eigenvalue weighted by Gasteiger charge is -2.14. The number of carbonyl (C=O) groups is 2. The van der Waals surface area contributed by atoms with E-state index >= 15 is 0 Å². The number of carbonyl (C=O) groups excluding carboxylic acids is 2. The van der Waals surface area contributed by atoms with E-state index in [4.69, 9.17) is 21.7 Å². The van der Waals surface area contributed by atoms with Gasteiger partial charge in [0.1, 0.15) is 10.9 Å². The molecule has 0 N–H and O–H groups in total. The molecular weight excluding hydrogens is 350 g/mol. The summed E-state index contributed by atoms with van der Waals surface area (Å²) in [5.74, 6) is -0.757. The fourth-order valence-electron chi connectivity index (χ4n) is 1.96. The van der Waals surface area contributed by atoms with Crippen molar-refractivity contribution in [3.8, 4) is 11.5 Å². The molecule has 0 aliphatic carbocycles. The van der Waals surface area contributed by atoms with Crippen LogP contribution in [-0.2, 0) is 9.59 Å². The molecule has 0 saturated carbocycles. The maximum Gasteiger partial charge on any atom is 0.266 e. The van der Waals surface area contributed by atoms with E-state index in [0.717, 1.165) is 16.7 Å². The van der Waals surface area contributed by atoms with E-state index in [1.165, 1.54) is 7.11 Å². The fourth-order valence-corrected chi connectivity index (χ4v) is 3.21. The first-order valence-electron chi connectivity index (χ1n) is 6.83. The second-order valence-corrected chi connectivity index (χ2v) is 6.33. The normalized spacial score (nSPS) is 15.7. The van der Waals surface area contributed by atoms with Crippen LogP contribution in [0.3, 0.4) is 0 Å². The lowest BCUT2D eigenvalue weighted by molar-refractivity contribution is -0.305. The molecule has 1 aliphatic heterocycles. The van der Waals surface area contributed by atoms with Crippen molar-refractivity contribution in [2.75, 3.05) is 20.3 Å². The zero-order valence-corrected chi connectivity index (χ0v) is 14.4. The van der Waals surface area contributed by atoms with Crippen LogP contribution in [0.15, 0.2) is 35.8 Å². The minimum absolute atomic E-state index is 0.188. The SMILES string of the molecule is C=CCOc1ccc(/C=C2/SC(=S)N(CC(=O)[O-])C2=O)cc1OC. The number of benzene rings is 1. The lowest BCUT2D eigenvalue weighted by atomic mass is 10.2. The molecule has 1 heterocycles. The summed E-state index contributed by atoms with van der Waals surface area (Å²) >= 11 is 6.07. The first-order chi connectivity index (χ1) is 11.5. The van der Waals surface area contributed by atoms with Crippen LogP contribution in [0.4, 0.5) is 0 Å². The maximum atomic E-state index is 12.2. The average Bonchev–Trinajstić information content (AvgIpc) is 2.80. The highest BCUT2D eigenvalue weighted by atomic mass is 32.2. The summed E-state index contributed by atoms with van der Waals surface area (Å²) < 4.78 is 10.9. The highest BCUT2D eigenvalue weighted by Gasteiger charge is 2.31. The molecule has 126 valence electrons. The topological polar surface area (TPSA) is 78.9 Å². The molecule has 0 bridgehead atoms. The summed E-state index contributed by atoms with van der Waals surface area (Å²) in [6.07, 6.45) is 3.24. The Bertz CT molecular complexity index is 729. The van der Waals surface area contributed by atoms with Crippen LogP contribution in [0.1, 0.15) is 5.56 Å². The van der Waals surface area contributed by atoms with Crippen LogP contribution in [-0.4, -0.2) is 41.4 Å². The van der Waals surface area contributed by atoms with Gasteiger partial charge in [-0.25, -0.2) is 0 Å². The first kappa shape index (κ1) is 18.0. The molecule has 24 heavy (non-hydrogen) atoms. The van der Waals surface area contributed by atoms with Crippen LogP contribution in [0.25, 0.3) is 6.08 Å². The molecule has 1 amide bonds. The smallest absolute Gasteiger partial charge is 0.266 e. The summed E-state index contributed by atoms with van der Waals surface area (Å²) in [6.45, 7) is 3.37. The van der Waals surface area contributed by atoms with Crippen LogP contribution in [0, 0.1) is 0 Å². The highest BCUT2D eigenvalue weighted by molar-refractivity contribution is 8.26. The number of aliphatic carboxylic acids is 1. The summed E-state index contributed by atoms with van der Waals surface area (Å²) in [4.78, 5) is 24.2. The molecule has 1 fully saturated rings. The molecule has 1 aliphatic rings. The van der Waals surface area contributed by atoms with E-state index < -0.39 is 18.4 Å². The van der Waals surface area contributed by atoms with Crippen LogP contribution >= 0.6 is 24.0 Å². The molecule has 0 radical (unpaired) electrons. The van der Waals surface area contributed by atoms with E-state index in [1.54, 1.807) is 30.4 Å². The van der Waals surface area contributed by atoms with Crippen molar-refractivity contribution >= 4 is 46.3 Å². The number of amides is 1. The van der Waals surface area contributed by atoms with Gasteiger partial charge in [-0.1, -0.05) is 42.7 Å². The number of carboxylic acid groups (broad SMARTS) is 1. The molecular formula is C16H14NO5S2-. The first-order valence-corrected chi connectivity index (χ1v) is 8.05. The molecule has 0 atom stereocenters. The molecule has 1 aromatic rings. The van der Waals surface area contributed by atoms with Crippen molar-refractivity contribution in [3.63, 3.8) is 0 Å². The van der Waals surface area contributed by atoms with Gasteiger partial charge in [0.25, 0.3) is 5.91 Å². The van der Waals surface area contributed by atoms with Gasteiger partial charge in [0.15, 0.2) is 11.5 Å². The molecule has 1 aromatic carbocycles. The Labute approximate surface area is 148 Å². The van der Waals surface area contributed by atoms with Gasteiger partial charge >= 0.3 is 0 Å². The van der Waals surface area contributed by atoms with E-state index in [0.29, 0.717) is 28.6 Å². The Morgan fingerprint density at radius 2 is 2.21 bits per heavy atom. The van der Waals surface area contributed by atoms with Gasteiger partial charge in [-0.15, -0.1) is 0 Å². The average molecular weight is 364 g/mol. The van der Waals surface area contributed by atoms with E-state index in [1.807, 2.05) is 0 Å². The van der Waals surface area contributed by atoms with Crippen molar-refractivity contribution in [2.24, 2.45) is 0 Å². The monoisotopic (exact) mass is 364 g/mol. The predicted octanol–water partition coefficient (Wildman–Crippen LogP) is 1.21. The van der Waals surface area contributed by atoms with Gasteiger partial charge in [0.05, 0.1) is 24.5 Å². The number of thioether (sulfide) groups is 1. The standard InChI is InChI=1S/C16H15NO5S2/c1-3-6-22-11-5-4-10(7-12(11)21-2)8-13-15(20)17(9-14(18)19)16(23)24-13/h3-5,7-8H,1,6,9H2,2H3,(H,18,19)/p-1/b13-8+. The Balaban J connectivity index is 2.25. The molecule has 8 heteroatoms. The van der Waals surface area contributed by atoms with Gasteiger partial charge in [0, 0.05) is 0 Å². The maximum absolute atomic E-state index is 12.2. The van der Waals surface area contributed by atoms with Crippen molar-refractivity contribution in [1.29, 1.82) is 0 Å². The second kappa shape index (κ2) is 7.98. The fraction of sp³-hybridized carbons (Fsp3) is 0.188. The van der Waals surface area contributed by atoms with E-state index in [2.05, 4.69) is 6.58 Å². The van der Waals surface area contributed by atoms with Crippen LogP contribution in [0.5, 0.6) is 11.5 Å². The number of rotatable bonds is 7. The third-order valence-electron chi connectivity index (χ3n) is 3.00. The largest absolute Gasteiger partial charge is 0.548 e. The molecule has 2 rings (SSSR count). The molecule has 0 unspecified atom stereocenters. The summed E-state index contributed by atoms with van der Waals surface area (Å²) in [5, 5.41) is 10.7. The van der Waals surface area contributed by atoms with Crippen molar-refractivity contribution in [1.82, 2.24) is 4.90 Å². The Kier molecular flexibility index (Phi) is 5.99. The van der Waals surface area contributed by atoms with Gasteiger partial charge in [-0.3, -0.25) is 9.69 Å². The minimum Gasteiger partial charge on any atom is -0.548 e. The zero-order chi connectivity index (χ0) is 17.7. The van der Waals surface area contributed by atoms with Crippen molar-refractivity contribution < 1.29 is 24.2 Å². The number of ether oxygens (including phenoxy) is 2. The van der Waals surface area contributed by atoms with Crippen molar-refractivity contribution in [3.05, 3.63) is 41.3 Å². The number of carboxylic acids is 1. The summed E-state index contributed by atoms with van der Waals surface area (Å²) in [5.41, 5.74) is 0.701. The van der Waals surface area contributed by atoms with E-state index in [-0.39, 0.29) is 4.32 Å². The van der Waals surface area contributed by atoms with Gasteiger partial charge in [-0.05, 0) is 23.8 Å². The third-order valence-corrected chi connectivity index (χ3v) is 4.38. The molecule has 0 spiro atoms. The zero-order valence-electron chi connectivity index (χ0n) is 12.8. The van der Waals surface area contributed by atoms with Gasteiger partial charge in [-0.2, -0.15) is 0 Å². The summed E-state index contributed by atoms with van der Waals surface area (Å²) in [7, 11) is 1.51. The minimum atomic E-state index is -1.36. The number of hydrogen-bond acceptors (Lipinski definition) is 7. The Hall–Kier alpha value is -2.32. The number of nitrogens with zero attached hydrogens (tertiary/aromatic N) is 1. The highest BCUT2D eigenvalue weighted by Crippen LogP contribution is 2.34. The van der Waals surface area contributed by atoms with Crippen LogP contribution < -0.4 is 14.6 Å². The van der Waals surface area contributed by atoms with Crippen molar-refractivity contribution in [2.45, 2.75) is 0 Å². The molecule has 6 nitrogen and oxygen atoms in total. The van der Waals surface area contributed by atoms with Gasteiger partial charge < -0.3 is 19.4 Å². The lowest BCUT2D eigenvalue weighted by Crippen LogP contribution is -2.40. The number of thiocarbonyl (C=S) groups is 1. The summed E-state index contributed by atoms with van der Waals surface area (Å²) in [6, 6.07) is 5.19. The number of hydrogen-bond donors (Lipinski definition) is 0. The van der Waals surface area contributed by atoms with Crippen LogP contribution in [0.2, 0.25) is 0 Å². The molecule has 1 saturated heterocycles. The predicted molar refractivity (Wildman–Crippen MR) is 93.6 cm³/mol. The van der Waals surface area contributed by atoms with Gasteiger partial charge in [0.2, 0.25) is 0 Å². The quantitative estimate of drug-likeness (QED) is 0.409. The molecule has 0 aromatic heterocycles. The Morgan fingerprint density at radius 1 is 1.46 bits per heavy atom. The second-order valence-electron chi connectivity index (χ2n) is 4.65. The van der Waals surface area contributed by atoms with E-state index in [9.17, 15) is 14.7 Å². The third kappa shape index (κ3) is 4.15. The Morgan fingerprint density at radius 3 is 2.83 bits per heavy atom. The number of methoxy groups -OCH3 is 1.